The van der Waals surface area contributed by atoms with Crippen molar-refractivity contribution in [2.24, 2.45) is 0 Å². The Kier molecular flexibility index (Phi) is 3.56. The van der Waals surface area contributed by atoms with Gasteiger partial charge in [0, 0.05) is 11.1 Å². The monoisotopic (exact) mass is 234 g/mol. The number of carbonyl (C=O) groups is 1. The predicted molar refractivity (Wildman–Crippen MR) is 62.4 cm³/mol. The third-order valence-corrected chi connectivity index (χ3v) is 2.55. The molecule has 0 aliphatic carbocycles. The van der Waals surface area contributed by atoms with Crippen LogP contribution >= 0.6 is 0 Å². The maximum absolute atomic E-state index is 10.7. The Labute approximate surface area is 99.5 Å². The third-order valence-electron chi connectivity index (χ3n) is 2.55. The summed E-state index contributed by atoms with van der Waals surface area (Å²) in [5.41, 5.74) is 2.12. The van der Waals surface area contributed by atoms with Crippen molar-refractivity contribution in [1.82, 2.24) is 0 Å². The number of rotatable bonds is 3. The van der Waals surface area contributed by atoms with Crippen LogP contribution in [0.25, 0.3) is 6.08 Å². The molecular weight excluding hydrogens is 220 g/mol. The van der Waals surface area contributed by atoms with Crippen molar-refractivity contribution in [3.63, 3.8) is 0 Å². The van der Waals surface area contributed by atoms with E-state index in [1.807, 2.05) is 24.3 Å². The average molecular weight is 234 g/mol. The Morgan fingerprint density at radius 2 is 1.88 bits per heavy atom. The maximum atomic E-state index is 10.7. The van der Waals surface area contributed by atoms with Crippen molar-refractivity contribution in [2.75, 3.05) is 13.2 Å². The summed E-state index contributed by atoms with van der Waals surface area (Å²) in [6.07, 6.45) is 1.34. The van der Waals surface area contributed by atoms with Crippen molar-refractivity contribution in [3.8, 4) is 0 Å². The zero-order chi connectivity index (χ0) is 12.3. The highest BCUT2D eigenvalue weighted by molar-refractivity contribution is 5.91. The second kappa shape index (κ2) is 5.12. The first-order valence-electron chi connectivity index (χ1n) is 5.41. The van der Waals surface area contributed by atoms with E-state index in [1.54, 1.807) is 13.0 Å². The van der Waals surface area contributed by atoms with Gasteiger partial charge in [-0.2, -0.15) is 0 Å². The molecule has 1 N–H and O–H groups in total. The molecule has 1 saturated heterocycles. The van der Waals surface area contributed by atoms with Crippen LogP contribution in [0.1, 0.15) is 24.3 Å². The summed E-state index contributed by atoms with van der Waals surface area (Å²) in [6, 6.07) is 7.48. The lowest BCUT2D eigenvalue weighted by Gasteiger charge is -2.09. The molecule has 0 amide bonds. The molecule has 1 fully saturated rings. The molecule has 0 bridgehead atoms. The summed E-state index contributed by atoms with van der Waals surface area (Å²) in [6.45, 7) is 2.80. The molecule has 2 rings (SSSR count). The van der Waals surface area contributed by atoms with Crippen LogP contribution in [0.15, 0.2) is 29.8 Å². The maximum Gasteiger partial charge on any atom is 0.331 e. The number of benzene rings is 1. The van der Waals surface area contributed by atoms with Gasteiger partial charge < -0.3 is 14.6 Å². The van der Waals surface area contributed by atoms with Gasteiger partial charge in [-0.1, -0.05) is 24.3 Å². The molecule has 1 aliphatic rings. The van der Waals surface area contributed by atoms with Crippen molar-refractivity contribution >= 4 is 12.0 Å². The van der Waals surface area contributed by atoms with Crippen LogP contribution in [0.2, 0.25) is 0 Å². The first-order valence-corrected chi connectivity index (χ1v) is 5.41. The lowest BCUT2D eigenvalue weighted by molar-refractivity contribution is -0.132. The second-order valence-electron chi connectivity index (χ2n) is 3.87. The molecule has 0 radical (unpaired) electrons. The van der Waals surface area contributed by atoms with Crippen LogP contribution < -0.4 is 0 Å². The fourth-order valence-electron chi connectivity index (χ4n) is 1.61. The number of aliphatic carboxylic acids is 1. The van der Waals surface area contributed by atoms with Gasteiger partial charge in [0.1, 0.15) is 0 Å². The van der Waals surface area contributed by atoms with Gasteiger partial charge in [-0.05, 0) is 18.6 Å². The molecule has 4 heteroatoms. The predicted octanol–water partition coefficient (Wildman–Crippen LogP) is 2.22. The third kappa shape index (κ3) is 2.93. The lowest BCUT2D eigenvalue weighted by Crippen LogP contribution is -1.98. The minimum absolute atomic E-state index is 0.284. The molecular formula is C13H14O4. The molecule has 4 nitrogen and oxygen atoms in total. The van der Waals surface area contributed by atoms with Crippen LogP contribution in [0.5, 0.6) is 0 Å². The van der Waals surface area contributed by atoms with E-state index in [4.69, 9.17) is 14.6 Å². The Hall–Kier alpha value is -1.65. The summed E-state index contributed by atoms with van der Waals surface area (Å²) in [5, 5.41) is 8.76. The van der Waals surface area contributed by atoms with Gasteiger partial charge in [0.2, 0.25) is 0 Å². The quantitative estimate of drug-likeness (QED) is 0.815. The normalized spacial score (nSPS) is 17.4. The second-order valence-corrected chi connectivity index (χ2v) is 3.87. The van der Waals surface area contributed by atoms with Crippen molar-refractivity contribution in [2.45, 2.75) is 13.2 Å². The Balaban J connectivity index is 2.12. The molecule has 0 atom stereocenters. The average Bonchev–Trinajstić information content (AvgIpc) is 2.83. The van der Waals surface area contributed by atoms with E-state index >= 15 is 0 Å². The molecule has 0 aromatic heterocycles. The fourth-order valence-corrected chi connectivity index (χ4v) is 1.61. The van der Waals surface area contributed by atoms with E-state index in [0.717, 1.165) is 11.1 Å². The van der Waals surface area contributed by atoms with Crippen molar-refractivity contribution in [1.29, 1.82) is 0 Å². The molecule has 1 aliphatic heterocycles. The van der Waals surface area contributed by atoms with E-state index in [2.05, 4.69) is 0 Å². The van der Waals surface area contributed by atoms with E-state index in [9.17, 15) is 4.79 Å². The highest BCUT2D eigenvalue weighted by Crippen LogP contribution is 2.23. The number of hydrogen-bond donors (Lipinski definition) is 1. The topological polar surface area (TPSA) is 55.8 Å². The molecule has 1 aromatic carbocycles. The Morgan fingerprint density at radius 3 is 2.41 bits per heavy atom. The largest absolute Gasteiger partial charge is 0.478 e. The summed E-state index contributed by atoms with van der Waals surface area (Å²) in [4.78, 5) is 10.7. The standard InChI is InChI=1S/C13H14O4/c1-9(12(14)15)8-10-2-4-11(5-3-10)13-16-6-7-17-13/h2-5,8,13H,6-7H2,1H3,(H,14,15). The first-order chi connectivity index (χ1) is 8.16. The van der Waals surface area contributed by atoms with Crippen LogP contribution in [-0.2, 0) is 14.3 Å². The Morgan fingerprint density at radius 1 is 1.29 bits per heavy atom. The molecule has 0 unspecified atom stereocenters. The van der Waals surface area contributed by atoms with Crippen LogP contribution in [0, 0.1) is 0 Å². The first kappa shape index (κ1) is 11.8. The van der Waals surface area contributed by atoms with Gasteiger partial charge in [-0.3, -0.25) is 0 Å². The highest BCUT2D eigenvalue weighted by atomic mass is 16.7. The number of carboxylic acids is 1. The minimum atomic E-state index is -0.906. The smallest absolute Gasteiger partial charge is 0.331 e. The zero-order valence-electron chi connectivity index (χ0n) is 9.55. The van der Waals surface area contributed by atoms with Crippen LogP contribution in [0.4, 0.5) is 0 Å². The number of carboxylic acid groups (broad SMARTS) is 1. The van der Waals surface area contributed by atoms with Gasteiger partial charge in [-0.15, -0.1) is 0 Å². The van der Waals surface area contributed by atoms with Gasteiger partial charge >= 0.3 is 5.97 Å². The van der Waals surface area contributed by atoms with Crippen molar-refractivity contribution < 1.29 is 19.4 Å². The van der Waals surface area contributed by atoms with E-state index in [0.29, 0.717) is 18.8 Å². The van der Waals surface area contributed by atoms with Gasteiger partial charge in [0.05, 0.1) is 13.2 Å². The summed E-state index contributed by atoms with van der Waals surface area (Å²) in [5.74, 6) is -0.906. The van der Waals surface area contributed by atoms with Crippen LogP contribution in [0.3, 0.4) is 0 Å². The Bertz CT molecular complexity index is 427. The number of hydrogen-bond acceptors (Lipinski definition) is 3. The lowest BCUT2D eigenvalue weighted by atomic mass is 10.1. The summed E-state index contributed by atoms with van der Waals surface area (Å²) in [7, 11) is 0. The molecule has 0 saturated carbocycles. The van der Waals surface area contributed by atoms with Gasteiger partial charge in [-0.25, -0.2) is 4.79 Å². The highest BCUT2D eigenvalue weighted by Gasteiger charge is 2.17. The molecule has 17 heavy (non-hydrogen) atoms. The SMILES string of the molecule is CC(=Cc1ccc(C2OCCO2)cc1)C(=O)O. The summed E-state index contributed by atoms with van der Waals surface area (Å²) >= 11 is 0. The minimum Gasteiger partial charge on any atom is -0.478 e. The fraction of sp³-hybridized carbons (Fsp3) is 0.308. The zero-order valence-corrected chi connectivity index (χ0v) is 9.55. The summed E-state index contributed by atoms with van der Waals surface area (Å²) < 4.78 is 10.7. The van der Waals surface area contributed by atoms with Gasteiger partial charge in [0.25, 0.3) is 0 Å². The molecule has 0 spiro atoms. The van der Waals surface area contributed by atoms with Crippen LogP contribution in [-0.4, -0.2) is 24.3 Å². The molecule has 1 aromatic rings. The van der Waals surface area contributed by atoms with E-state index < -0.39 is 5.97 Å². The number of ether oxygens (including phenoxy) is 2. The molecule has 1 heterocycles. The molecule has 90 valence electrons. The van der Waals surface area contributed by atoms with Crippen molar-refractivity contribution in [3.05, 3.63) is 41.0 Å². The van der Waals surface area contributed by atoms with E-state index in [1.165, 1.54) is 0 Å². The van der Waals surface area contributed by atoms with E-state index in [-0.39, 0.29) is 6.29 Å². The van der Waals surface area contributed by atoms with Gasteiger partial charge in [0.15, 0.2) is 6.29 Å².